The fourth-order valence-corrected chi connectivity index (χ4v) is 3.09. The van der Waals surface area contributed by atoms with Crippen LogP contribution in [0, 0.1) is 0 Å². The molecule has 3 heterocycles. The van der Waals surface area contributed by atoms with Gasteiger partial charge in [-0.25, -0.2) is 4.98 Å². The fourth-order valence-electron chi connectivity index (χ4n) is 3.09. The first-order chi connectivity index (χ1) is 12.1. The maximum absolute atomic E-state index is 13.0. The van der Waals surface area contributed by atoms with E-state index in [1.165, 1.54) is 0 Å². The van der Waals surface area contributed by atoms with Gasteiger partial charge in [0.05, 0.1) is 5.56 Å². The van der Waals surface area contributed by atoms with Gasteiger partial charge >= 0.3 is 0 Å². The zero-order valence-electron chi connectivity index (χ0n) is 15.0. The molecule has 0 aliphatic carbocycles. The molecule has 1 saturated heterocycles. The molecular formula is C18H25N5O2. The zero-order chi connectivity index (χ0) is 17.8. The molecule has 3 rings (SSSR count). The Morgan fingerprint density at radius 1 is 1.48 bits per heavy atom. The van der Waals surface area contributed by atoms with Gasteiger partial charge < -0.3 is 14.7 Å². The number of carbonyl (C=O) groups excluding carboxylic acids is 1. The second kappa shape index (κ2) is 7.63. The van der Waals surface area contributed by atoms with Crippen LogP contribution in [0.2, 0.25) is 0 Å². The minimum atomic E-state index is 0.000148. The number of aromatic nitrogens is 3. The molecule has 0 radical (unpaired) electrons. The third-order valence-corrected chi connectivity index (χ3v) is 4.32. The van der Waals surface area contributed by atoms with Gasteiger partial charge in [-0.05, 0) is 38.8 Å². The summed E-state index contributed by atoms with van der Waals surface area (Å²) in [5.74, 6) is 2.12. The van der Waals surface area contributed by atoms with E-state index in [1.54, 1.807) is 12.3 Å². The summed E-state index contributed by atoms with van der Waals surface area (Å²) in [5.41, 5.74) is 0.610. The van der Waals surface area contributed by atoms with Gasteiger partial charge in [0.25, 0.3) is 5.91 Å². The number of pyridine rings is 1. The summed E-state index contributed by atoms with van der Waals surface area (Å²) in [4.78, 5) is 23.7. The number of likely N-dealkylation sites (tertiary alicyclic amines) is 1. The average Bonchev–Trinajstić information content (AvgIpc) is 3.10. The molecule has 0 aromatic carbocycles. The third kappa shape index (κ3) is 3.97. The van der Waals surface area contributed by atoms with Gasteiger partial charge in [-0.2, -0.15) is 4.98 Å². The van der Waals surface area contributed by atoms with E-state index in [1.807, 2.05) is 31.7 Å². The van der Waals surface area contributed by atoms with Crippen molar-refractivity contribution in [2.75, 3.05) is 18.4 Å². The molecule has 134 valence electrons. The first-order valence-corrected chi connectivity index (χ1v) is 8.91. The van der Waals surface area contributed by atoms with Gasteiger partial charge in [0, 0.05) is 37.7 Å². The SMILES string of the molecule is CCc1nc([C@@H]2CCCN(C(=O)c3cccnc3NC(C)C)C2)no1. The smallest absolute Gasteiger partial charge is 0.257 e. The van der Waals surface area contributed by atoms with Crippen molar-refractivity contribution in [1.29, 1.82) is 0 Å². The normalized spacial score (nSPS) is 17.8. The average molecular weight is 343 g/mol. The number of nitrogens with zero attached hydrogens (tertiary/aromatic N) is 4. The van der Waals surface area contributed by atoms with Crippen LogP contribution in [0.4, 0.5) is 5.82 Å². The summed E-state index contributed by atoms with van der Waals surface area (Å²) in [5, 5.41) is 7.33. The lowest BCUT2D eigenvalue weighted by atomic mass is 9.96. The highest BCUT2D eigenvalue weighted by Gasteiger charge is 2.29. The standard InChI is InChI=1S/C18H25N5O2/c1-4-15-21-16(22-25-15)13-7-6-10-23(11-13)18(24)14-8-5-9-19-17(14)20-12(2)3/h5,8-9,12-13H,4,6-7,10-11H2,1-3H3,(H,19,20)/t13-/m1/s1. The first kappa shape index (κ1) is 17.4. The van der Waals surface area contributed by atoms with Crippen LogP contribution in [0.25, 0.3) is 0 Å². The molecule has 1 N–H and O–H groups in total. The quantitative estimate of drug-likeness (QED) is 0.898. The number of nitrogens with one attached hydrogen (secondary N) is 1. The molecule has 1 atom stereocenters. The topological polar surface area (TPSA) is 84.2 Å². The van der Waals surface area contributed by atoms with Crippen molar-refractivity contribution in [3.8, 4) is 0 Å². The number of anilines is 1. The summed E-state index contributed by atoms with van der Waals surface area (Å²) in [6.45, 7) is 7.39. The third-order valence-electron chi connectivity index (χ3n) is 4.32. The van der Waals surface area contributed by atoms with Crippen LogP contribution in [0.15, 0.2) is 22.9 Å². The highest BCUT2D eigenvalue weighted by atomic mass is 16.5. The van der Waals surface area contributed by atoms with Crippen LogP contribution in [0.3, 0.4) is 0 Å². The predicted molar refractivity (Wildman–Crippen MR) is 94.6 cm³/mol. The summed E-state index contributed by atoms with van der Waals surface area (Å²) < 4.78 is 5.23. The predicted octanol–water partition coefficient (Wildman–Crippen LogP) is 2.87. The number of aryl methyl sites for hydroxylation is 1. The van der Waals surface area contributed by atoms with Crippen LogP contribution >= 0.6 is 0 Å². The van der Waals surface area contributed by atoms with Crippen LogP contribution < -0.4 is 5.32 Å². The summed E-state index contributed by atoms with van der Waals surface area (Å²) in [7, 11) is 0. The Kier molecular flexibility index (Phi) is 5.31. The molecule has 1 aliphatic rings. The molecule has 2 aromatic heterocycles. The number of hydrogen-bond acceptors (Lipinski definition) is 6. The van der Waals surface area contributed by atoms with Gasteiger partial charge in [-0.15, -0.1) is 0 Å². The van der Waals surface area contributed by atoms with E-state index in [9.17, 15) is 4.79 Å². The van der Waals surface area contributed by atoms with E-state index in [2.05, 4.69) is 20.4 Å². The molecule has 0 bridgehead atoms. The van der Waals surface area contributed by atoms with Crippen LogP contribution in [-0.4, -0.2) is 45.1 Å². The van der Waals surface area contributed by atoms with Crippen LogP contribution in [0.1, 0.15) is 61.6 Å². The maximum Gasteiger partial charge on any atom is 0.257 e. The Labute approximate surface area is 147 Å². The van der Waals surface area contributed by atoms with Crippen molar-refractivity contribution in [2.45, 2.75) is 52.0 Å². The molecule has 7 nitrogen and oxygen atoms in total. The Morgan fingerprint density at radius 2 is 2.32 bits per heavy atom. The molecule has 0 unspecified atom stereocenters. The van der Waals surface area contributed by atoms with E-state index in [4.69, 9.17) is 4.52 Å². The summed E-state index contributed by atoms with van der Waals surface area (Å²) in [6, 6.07) is 3.84. The molecule has 1 amide bonds. The molecule has 0 spiro atoms. The lowest BCUT2D eigenvalue weighted by molar-refractivity contribution is 0.0704. The summed E-state index contributed by atoms with van der Waals surface area (Å²) >= 11 is 0. The Morgan fingerprint density at radius 3 is 3.04 bits per heavy atom. The molecule has 0 saturated carbocycles. The number of amides is 1. The van der Waals surface area contributed by atoms with Crippen molar-refractivity contribution in [3.63, 3.8) is 0 Å². The Bertz CT molecular complexity index is 728. The second-order valence-corrected chi connectivity index (χ2v) is 6.69. The van der Waals surface area contributed by atoms with Crippen LogP contribution in [-0.2, 0) is 6.42 Å². The largest absolute Gasteiger partial charge is 0.367 e. The lowest BCUT2D eigenvalue weighted by Crippen LogP contribution is -2.39. The number of carbonyl (C=O) groups is 1. The van der Waals surface area contributed by atoms with Crippen molar-refractivity contribution in [3.05, 3.63) is 35.6 Å². The van der Waals surface area contributed by atoms with Gasteiger partial charge in [-0.3, -0.25) is 4.79 Å². The molecule has 1 fully saturated rings. The molecule has 1 aliphatic heterocycles. The minimum absolute atomic E-state index is 0.000148. The molecule has 25 heavy (non-hydrogen) atoms. The van der Waals surface area contributed by atoms with Gasteiger partial charge in [0.2, 0.25) is 5.89 Å². The number of piperidine rings is 1. The summed E-state index contributed by atoms with van der Waals surface area (Å²) in [6.07, 6.45) is 4.32. The molecule has 2 aromatic rings. The Balaban J connectivity index is 1.76. The number of rotatable bonds is 5. The zero-order valence-corrected chi connectivity index (χ0v) is 15.0. The van der Waals surface area contributed by atoms with Gasteiger partial charge in [-0.1, -0.05) is 12.1 Å². The van der Waals surface area contributed by atoms with E-state index in [-0.39, 0.29) is 17.9 Å². The van der Waals surface area contributed by atoms with Gasteiger partial charge in [0.1, 0.15) is 5.82 Å². The maximum atomic E-state index is 13.0. The number of hydrogen-bond donors (Lipinski definition) is 1. The highest BCUT2D eigenvalue weighted by molar-refractivity contribution is 5.98. The van der Waals surface area contributed by atoms with Crippen LogP contribution in [0.5, 0.6) is 0 Å². The first-order valence-electron chi connectivity index (χ1n) is 8.91. The van der Waals surface area contributed by atoms with E-state index >= 15 is 0 Å². The molecular weight excluding hydrogens is 318 g/mol. The van der Waals surface area contributed by atoms with Crippen molar-refractivity contribution >= 4 is 11.7 Å². The van der Waals surface area contributed by atoms with Gasteiger partial charge in [0.15, 0.2) is 5.82 Å². The van der Waals surface area contributed by atoms with E-state index in [0.717, 1.165) is 25.8 Å². The van der Waals surface area contributed by atoms with Crippen molar-refractivity contribution < 1.29 is 9.32 Å². The minimum Gasteiger partial charge on any atom is -0.367 e. The Hall–Kier alpha value is -2.44. The van der Waals surface area contributed by atoms with E-state index in [0.29, 0.717) is 29.6 Å². The monoisotopic (exact) mass is 343 g/mol. The lowest BCUT2D eigenvalue weighted by Gasteiger charge is -2.31. The second-order valence-electron chi connectivity index (χ2n) is 6.69. The van der Waals surface area contributed by atoms with Crippen molar-refractivity contribution in [1.82, 2.24) is 20.0 Å². The molecule has 7 heteroatoms. The van der Waals surface area contributed by atoms with E-state index < -0.39 is 0 Å². The fraction of sp³-hybridized carbons (Fsp3) is 0.556. The van der Waals surface area contributed by atoms with Crippen molar-refractivity contribution in [2.24, 2.45) is 0 Å². The highest BCUT2D eigenvalue weighted by Crippen LogP contribution is 2.27.